The summed E-state index contributed by atoms with van der Waals surface area (Å²) in [4.78, 5) is 10.3. The smallest absolute Gasteiger partial charge is 0.417 e. The number of alkyl halides is 3. The largest absolute Gasteiger partial charge is 0.478 e. The fourth-order valence-corrected chi connectivity index (χ4v) is 1.61. The quantitative estimate of drug-likeness (QED) is 0.668. The van der Waals surface area contributed by atoms with Gasteiger partial charge in [0.1, 0.15) is 5.82 Å². The van der Waals surface area contributed by atoms with Gasteiger partial charge in [0.15, 0.2) is 0 Å². The topological polar surface area (TPSA) is 37.3 Å². The van der Waals surface area contributed by atoms with E-state index in [0.29, 0.717) is 24.3 Å². The molecule has 1 N–H and O–H groups in total. The van der Waals surface area contributed by atoms with Crippen molar-refractivity contribution in [2.24, 2.45) is 0 Å². The first-order valence-electron chi connectivity index (χ1n) is 4.19. The van der Waals surface area contributed by atoms with Crippen LogP contribution in [0.4, 0.5) is 17.6 Å². The maximum atomic E-state index is 13.1. The van der Waals surface area contributed by atoms with Crippen LogP contribution in [0.1, 0.15) is 11.1 Å². The Morgan fingerprint density at radius 2 is 1.94 bits per heavy atom. The van der Waals surface area contributed by atoms with Crippen molar-refractivity contribution >= 4 is 28.0 Å². The van der Waals surface area contributed by atoms with Gasteiger partial charge >= 0.3 is 12.1 Å². The van der Waals surface area contributed by atoms with Crippen molar-refractivity contribution < 1.29 is 27.5 Å². The first kappa shape index (κ1) is 13.7. The molecule has 2 nitrogen and oxygen atoms in total. The molecule has 0 spiro atoms. The molecule has 0 aliphatic carbocycles. The van der Waals surface area contributed by atoms with Crippen molar-refractivity contribution in [3.63, 3.8) is 0 Å². The van der Waals surface area contributed by atoms with Gasteiger partial charge in [-0.2, -0.15) is 13.2 Å². The number of hydrogen-bond acceptors (Lipinski definition) is 1. The molecule has 0 atom stereocenters. The van der Waals surface area contributed by atoms with Gasteiger partial charge in [0.2, 0.25) is 0 Å². The van der Waals surface area contributed by atoms with E-state index in [1.54, 1.807) is 0 Å². The average Bonchev–Trinajstić information content (AvgIpc) is 2.18. The summed E-state index contributed by atoms with van der Waals surface area (Å²) in [5.41, 5.74) is -1.66. The van der Waals surface area contributed by atoms with Crippen molar-refractivity contribution in [1.82, 2.24) is 0 Å². The molecule has 1 aromatic carbocycles. The minimum atomic E-state index is -4.69. The summed E-state index contributed by atoms with van der Waals surface area (Å²) < 4.78 is 50.3. The van der Waals surface area contributed by atoms with Crippen molar-refractivity contribution in [1.29, 1.82) is 0 Å². The number of rotatable bonds is 2. The van der Waals surface area contributed by atoms with Gasteiger partial charge in [-0.25, -0.2) is 9.18 Å². The molecule has 0 aliphatic heterocycles. The number of benzene rings is 1. The van der Waals surface area contributed by atoms with Crippen LogP contribution < -0.4 is 0 Å². The van der Waals surface area contributed by atoms with E-state index in [1.807, 2.05) is 0 Å². The second kappa shape index (κ2) is 4.87. The molecule has 7 heteroatoms. The predicted octanol–water partition coefficient (Wildman–Crippen LogP) is 3.70. The third-order valence-electron chi connectivity index (χ3n) is 1.83. The third-order valence-corrected chi connectivity index (χ3v) is 2.64. The van der Waals surface area contributed by atoms with Crippen molar-refractivity contribution in [2.45, 2.75) is 6.18 Å². The Hall–Kier alpha value is -1.37. The van der Waals surface area contributed by atoms with Gasteiger partial charge in [0.25, 0.3) is 0 Å². The van der Waals surface area contributed by atoms with E-state index in [4.69, 9.17) is 5.11 Å². The molecule has 0 radical (unpaired) electrons. The van der Waals surface area contributed by atoms with Crippen LogP contribution in [0.25, 0.3) is 6.08 Å². The Balaban J connectivity index is 3.42. The molecule has 0 amide bonds. The molecule has 0 aliphatic rings. The zero-order chi connectivity index (χ0) is 13.2. The summed E-state index contributed by atoms with van der Waals surface area (Å²) in [5.74, 6) is -2.32. The molecule has 0 unspecified atom stereocenters. The Bertz CT molecular complexity index is 480. The van der Waals surface area contributed by atoms with Crippen molar-refractivity contribution in [2.75, 3.05) is 0 Å². The molecule has 0 heterocycles. The number of halogens is 5. The van der Waals surface area contributed by atoms with E-state index < -0.39 is 33.6 Å². The maximum absolute atomic E-state index is 13.1. The lowest BCUT2D eigenvalue weighted by atomic mass is 10.1. The molecular formula is C10H5BrF4O2. The molecule has 0 aromatic heterocycles. The molecule has 0 fully saturated rings. The summed E-state index contributed by atoms with van der Waals surface area (Å²) in [6.45, 7) is 0. The minimum Gasteiger partial charge on any atom is -0.478 e. The second-order valence-electron chi connectivity index (χ2n) is 2.99. The van der Waals surface area contributed by atoms with Gasteiger partial charge < -0.3 is 5.11 Å². The molecule has 1 aromatic rings. The van der Waals surface area contributed by atoms with E-state index in [1.165, 1.54) is 0 Å². The van der Waals surface area contributed by atoms with E-state index in [-0.39, 0.29) is 0 Å². The predicted molar refractivity (Wildman–Crippen MR) is 55.8 cm³/mol. The second-order valence-corrected chi connectivity index (χ2v) is 3.78. The van der Waals surface area contributed by atoms with Gasteiger partial charge in [-0.05, 0) is 34.1 Å². The normalized spacial score (nSPS) is 12.1. The SMILES string of the molecule is O=C(O)/C=C/c1c(C(F)(F)F)ccc(F)c1Br. The molecule has 17 heavy (non-hydrogen) atoms. The first-order valence-corrected chi connectivity index (χ1v) is 4.99. The highest BCUT2D eigenvalue weighted by Gasteiger charge is 2.34. The zero-order valence-corrected chi connectivity index (χ0v) is 9.64. The summed E-state index contributed by atoms with van der Waals surface area (Å²) in [5, 5.41) is 8.35. The van der Waals surface area contributed by atoms with Crippen molar-refractivity contribution in [3.8, 4) is 0 Å². The Labute approximate surface area is 102 Å². The maximum Gasteiger partial charge on any atom is 0.417 e. The Morgan fingerprint density at radius 3 is 2.41 bits per heavy atom. The van der Waals surface area contributed by atoms with E-state index in [9.17, 15) is 22.4 Å². The highest BCUT2D eigenvalue weighted by molar-refractivity contribution is 9.10. The van der Waals surface area contributed by atoms with Gasteiger partial charge in [-0.1, -0.05) is 0 Å². The van der Waals surface area contributed by atoms with Crippen LogP contribution in [0.2, 0.25) is 0 Å². The Morgan fingerprint density at radius 1 is 1.35 bits per heavy atom. The minimum absolute atomic E-state index is 0.426. The first-order chi connectivity index (χ1) is 7.73. The van der Waals surface area contributed by atoms with E-state index >= 15 is 0 Å². The number of carbonyl (C=O) groups is 1. The monoisotopic (exact) mass is 312 g/mol. The molecule has 0 bridgehead atoms. The van der Waals surface area contributed by atoms with Crippen LogP contribution in [-0.4, -0.2) is 11.1 Å². The van der Waals surface area contributed by atoms with E-state index in [0.717, 1.165) is 0 Å². The number of carboxylic acids is 1. The fraction of sp³-hybridized carbons (Fsp3) is 0.100. The molecule has 1 rings (SSSR count). The van der Waals surface area contributed by atoms with E-state index in [2.05, 4.69) is 15.9 Å². The molecule has 0 saturated heterocycles. The van der Waals surface area contributed by atoms with Gasteiger partial charge in [-0.15, -0.1) is 0 Å². The summed E-state index contributed by atoms with van der Waals surface area (Å²) >= 11 is 2.65. The number of carboxylic acid groups (broad SMARTS) is 1. The highest BCUT2D eigenvalue weighted by Crippen LogP contribution is 2.36. The van der Waals surface area contributed by atoms with Crippen LogP contribution in [0.15, 0.2) is 22.7 Å². The number of hydrogen-bond donors (Lipinski definition) is 1. The lowest BCUT2D eigenvalue weighted by Gasteiger charge is -2.12. The molecule has 0 saturated carbocycles. The Kier molecular flexibility index (Phi) is 3.92. The molecule has 92 valence electrons. The third kappa shape index (κ3) is 3.29. The zero-order valence-electron chi connectivity index (χ0n) is 8.05. The van der Waals surface area contributed by atoms with Crippen LogP contribution in [0, 0.1) is 5.82 Å². The van der Waals surface area contributed by atoms with Crippen LogP contribution in [0.3, 0.4) is 0 Å². The van der Waals surface area contributed by atoms with Crippen LogP contribution in [0.5, 0.6) is 0 Å². The lowest BCUT2D eigenvalue weighted by molar-refractivity contribution is -0.138. The fourth-order valence-electron chi connectivity index (χ4n) is 1.13. The van der Waals surface area contributed by atoms with Crippen molar-refractivity contribution in [3.05, 3.63) is 39.6 Å². The average molecular weight is 313 g/mol. The molecular weight excluding hydrogens is 308 g/mol. The van der Waals surface area contributed by atoms with Gasteiger partial charge in [-0.3, -0.25) is 0 Å². The van der Waals surface area contributed by atoms with Gasteiger partial charge in [0, 0.05) is 11.6 Å². The summed E-state index contributed by atoms with van der Waals surface area (Å²) in [7, 11) is 0. The number of aliphatic carboxylic acids is 1. The standard InChI is InChI=1S/C10H5BrF4O2/c11-9-5(1-4-8(16)17)6(10(13,14)15)2-3-7(9)12/h1-4H,(H,16,17)/b4-1+. The highest BCUT2D eigenvalue weighted by atomic mass is 79.9. The lowest BCUT2D eigenvalue weighted by Crippen LogP contribution is -2.08. The van der Waals surface area contributed by atoms with Crippen LogP contribution in [-0.2, 0) is 11.0 Å². The summed E-state index contributed by atoms with van der Waals surface area (Å²) in [6.07, 6.45) is -3.48. The van der Waals surface area contributed by atoms with Crippen LogP contribution >= 0.6 is 15.9 Å². The van der Waals surface area contributed by atoms with Gasteiger partial charge in [0.05, 0.1) is 10.0 Å². The summed E-state index contributed by atoms with van der Waals surface area (Å²) in [6, 6.07) is 1.21.